The molecule has 1 aliphatic rings. The first-order valence-corrected chi connectivity index (χ1v) is 9.50. The molecule has 0 aliphatic carbocycles. The zero-order chi connectivity index (χ0) is 18.1. The Labute approximate surface area is 151 Å². The number of aryl methyl sites for hydroxylation is 1. The summed E-state index contributed by atoms with van der Waals surface area (Å²) in [5, 5.41) is 6.58. The molecule has 0 radical (unpaired) electrons. The van der Waals surface area contributed by atoms with E-state index in [0.29, 0.717) is 12.1 Å². The summed E-state index contributed by atoms with van der Waals surface area (Å²) >= 11 is 0. The van der Waals surface area contributed by atoms with Gasteiger partial charge in [0.2, 0.25) is 0 Å². The standard InChI is InChI=1S/C20H33FN4/c1-16-7-6-12-25(15-16)11-5-4-10-23-20(22-3)24-14-18-9-8-17(2)19(21)13-18/h8-9,13,16H,4-7,10-12,14-15H2,1-3H3,(H2,22,23,24). The molecule has 4 nitrogen and oxygen atoms in total. The lowest BCUT2D eigenvalue weighted by Gasteiger charge is -2.30. The van der Waals surface area contributed by atoms with Crippen molar-refractivity contribution in [1.29, 1.82) is 0 Å². The lowest BCUT2D eigenvalue weighted by atomic mass is 10.0. The fourth-order valence-corrected chi connectivity index (χ4v) is 3.31. The number of unbranched alkanes of at least 4 members (excludes halogenated alkanes) is 1. The molecule has 0 amide bonds. The molecule has 2 rings (SSSR count). The molecule has 0 bridgehead atoms. The van der Waals surface area contributed by atoms with Gasteiger partial charge in [-0.25, -0.2) is 4.39 Å². The molecule has 0 spiro atoms. The minimum atomic E-state index is -0.158. The van der Waals surface area contributed by atoms with Crippen LogP contribution in [-0.2, 0) is 6.54 Å². The summed E-state index contributed by atoms with van der Waals surface area (Å²) in [5.74, 6) is 1.46. The van der Waals surface area contributed by atoms with Crippen LogP contribution in [0.5, 0.6) is 0 Å². The second-order valence-electron chi connectivity index (χ2n) is 7.19. The summed E-state index contributed by atoms with van der Waals surface area (Å²) in [6, 6.07) is 5.33. The van der Waals surface area contributed by atoms with E-state index in [1.807, 2.05) is 12.1 Å². The summed E-state index contributed by atoms with van der Waals surface area (Å²) in [5.41, 5.74) is 1.60. The molecule has 1 aromatic rings. The Morgan fingerprint density at radius 1 is 1.32 bits per heavy atom. The van der Waals surface area contributed by atoms with Gasteiger partial charge in [-0.15, -0.1) is 0 Å². The van der Waals surface area contributed by atoms with E-state index in [9.17, 15) is 4.39 Å². The molecule has 0 saturated carbocycles. The van der Waals surface area contributed by atoms with Gasteiger partial charge in [-0.05, 0) is 68.8 Å². The molecule has 1 aromatic carbocycles. The maximum atomic E-state index is 13.6. The third-order valence-electron chi connectivity index (χ3n) is 4.85. The Morgan fingerprint density at radius 3 is 2.88 bits per heavy atom. The number of hydrogen-bond donors (Lipinski definition) is 2. The number of halogens is 1. The number of rotatable bonds is 7. The Bertz CT molecular complexity index is 559. The Morgan fingerprint density at radius 2 is 2.16 bits per heavy atom. The van der Waals surface area contributed by atoms with E-state index >= 15 is 0 Å². The number of piperidine rings is 1. The number of nitrogens with one attached hydrogen (secondary N) is 2. The van der Waals surface area contributed by atoms with Gasteiger partial charge in [0.1, 0.15) is 5.82 Å². The van der Waals surface area contributed by atoms with Crippen molar-refractivity contribution in [3.63, 3.8) is 0 Å². The van der Waals surface area contributed by atoms with Crippen LogP contribution in [0.25, 0.3) is 0 Å². The summed E-state index contributed by atoms with van der Waals surface area (Å²) in [7, 11) is 1.76. The normalized spacial score (nSPS) is 19.0. The molecular formula is C20H33FN4. The van der Waals surface area contributed by atoms with Crippen LogP contribution < -0.4 is 10.6 Å². The van der Waals surface area contributed by atoms with Crippen molar-refractivity contribution >= 4 is 5.96 Å². The predicted molar refractivity (Wildman–Crippen MR) is 103 cm³/mol. The lowest BCUT2D eigenvalue weighted by molar-refractivity contribution is 0.181. The molecule has 5 heteroatoms. The third-order valence-corrected chi connectivity index (χ3v) is 4.85. The van der Waals surface area contributed by atoms with E-state index in [1.54, 1.807) is 20.0 Å². The predicted octanol–water partition coefficient (Wildman–Crippen LogP) is 3.31. The summed E-state index contributed by atoms with van der Waals surface area (Å²) in [6.45, 7) is 9.31. The molecule has 140 valence electrons. The van der Waals surface area contributed by atoms with E-state index in [0.717, 1.165) is 30.4 Å². The van der Waals surface area contributed by atoms with Gasteiger partial charge in [-0.3, -0.25) is 4.99 Å². The van der Waals surface area contributed by atoms with E-state index in [4.69, 9.17) is 0 Å². The molecule has 1 heterocycles. The first kappa shape index (κ1) is 19.7. The molecule has 1 saturated heterocycles. The average Bonchev–Trinajstić information content (AvgIpc) is 2.60. The van der Waals surface area contributed by atoms with Crippen LogP contribution in [0.1, 0.15) is 43.7 Å². The highest BCUT2D eigenvalue weighted by Crippen LogP contribution is 2.15. The van der Waals surface area contributed by atoms with Gasteiger partial charge in [0.25, 0.3) is 0 Å². The van der Waals surface area contributed by atoms with Gasteiger partial charge in [-0.2, -0.15) is 0 Å². The molecule has 1 fully saturated rings. The largest absolute Gasteiger partial charge is 0.356 e. The summed E-state index contributed by atoms with van der Waals surface area (Å²) in [6.07, 6.45) is 5.06. The highest BCUT2D eigenvalue weighted by Gasteiger charge is 2.15. The zero-order valence-corrected chi connectivity index (χ0v) is 15.9. The molecule has 1 unspecified atom stereocenters. The van der Waals surface area contributed by atoms with Crippen LogP contribution in [0.2, 0.25) is 0 Å². The maximum absolute atomic E-state index is 13.6. The molecular weight excluding hydrogens is 315 g/mol. The van der Waals surface area contributed by atoms with Crippen LogP contribution in [0.4, 0.5) is 4.39 Å². The Kier molecular flexibility index (Phi) is 8.19. The van der Waals surface area contributed by atoms with Crippen LogP contribution in [0.15, 0.2) is 23.2 Å². The number of benzene rings is 1. The minimum absolute atomic E-state index is 0.158. The van der Waals surface area contributed by atoms with Crippen molar-refractivity contribution in [3.05, 3.63) is 35.1 Å². The molecule has 1 aliphatic heterocycles. The fraction of sp³-hybridized carbons (Fsp3) is 0.650. The summed E-state index contributed by atoms with van der Waals surface area (Å²) in [4.78, 5) is 6.82. The lowest BCUT2D eigenvalue weighted by Crippen LogP contribution is -2.38. The van der Waals surface area contributed by atoms with Gasteiger partial charge < -0.3 is 15.5 Å². The first-order chi connectivity index (χ1) is 12.1. The first-order valence-electron chi connectivity index (χ1n) is 9.50. The van der Waals surface area contributed by atoms with E-state index < -0.39 is 0 Å². The highest BCUT2D eigenvalue weighted by atomic mass is 19.1. The summed E-state index contributed by atoms with van der Waals surface area (Å²) < 4.78 is 13.6. The molecule has 2 N–H and O–H groups in total. The molecule has 0 aromatic heterocycles. The van der Waals surface area contributed by atoms with Crippen molar-refractivity contribution in [2.24, 2.45) is 10.9 Å². The van der Waals surface area contributed by atoms with Gasteiger partial charge in [0.05, 0.1) is 0 Å². The Hall–Kier alpha value is -1.62. The monoisotopic (exact) mass is 348 g/mol. The second-order valence-corrected chi connectivity index (χ2v) is 7.19. The van der Waals surface area contributed by atoms with Gasteiger partial charge in [0.15, 0.2) is 5.96 Å². The van der Waals surface area contributed by atoms with Crippen molar-refractivity contribution < 1.29 is 4.39 Å². The maximum Gasteiger partial charge on any atom is 0.191 e. The SMILES string of the molecule is CN=C(NCCCCN1CCCC(C)C1)NCc1ccc(C)c(F)c1. The van der Waals surface area contributed by atoms with E-state index in [2.05, 4.69) is 27.4 Å². The van der Waals surface area contributed by atoms with Crippen LogP contribution in [0, 0.1) is 18.7 Å². The quantitative estimate of drug-likeness (QED) is 0.451. The number of hydrogen-bond acceptors (Lipinski definition) is 2. The minimum Gasteiger partial charge on any atom is -0.356 e. The highest BCUT2D eigenvalue weighted by molar-refractivity contribution is 5.79. The number of aliphatic imine (C=N–C) groups is 1. The van der Waals surface area contributed by atoms with Crippen molar-refractivity contribution in [1.82, 2.24) is 15.5 Å². The fourth-order valence-electron chi connectivity index (χ4n) is 3.31. The molecule has 1 atom stereocenters. The zero-order valence-electron chi connectivity index (χ0n) is 15.9. The van der Waals surface area contributed by atoms with Crippen molar-refractivity contribution in [2.45, 2.75) is 46.1 Å². The van der Waals surface area contributed by atoms with E-state index in [-0.39, 0.29) is 5.82 Å². The third kappa shape index (κ3) is 7.02. The average molecular weight is 349 g/mol. The van der Waals surface area contributed by atoms with Crippen molar-refractivity contribution in [2.75, 3.05) is 33.2 Å². The van der Waals surface area contributed by atoms with Crippen LogP contribution >= 0.6 is 0 Å². The van der Waals surface area contributed by atoms with Crippen LogP contribution in [-0.4, -0.2) is 44.1 Å². The van der Waals surface area contributed by atoms with Crippen molar-refractivity contribution in [3.8, 4) is 0 Å². The molecule has 25 heavy (non-hydrogen) atoms. The van der Waals surface area contributed by atoms with E-state index in [1.165, 1.54) is 38.9 Å². The van der Waals surface area contributed by atoms with Gasteiger partial charge in [-0.1, -0.05) is 19.1 Å². The number of likely N-dealkylation sites (tertiary alicyclic amines) is 1. The smallest absolute Gasteiger partial charge is 0.191 e. The van der Waals surface area contributed by atoms with Gasteiger partial charge >= 0.3 is 0 Å². The topological polar surface area (TPSA) is 39.7 Å². The van der Waals surface area contributed by atoms with Gasteiger partial charge in [0, 0.05) is 26.7 Å². The number of guanidine groups is 1. The number of nitrogens with zero attached hydrogens (tertiary/aromatic N) is 2. The van der Waals surface area contributed by atoms with Crippen LogP contribution in [0.3, 0.4) is 0 Å². The second kappa shape index (κ2) is 10.4. The Balaban J connectivity index is 1.61.